The second-order valence-electron chi connectivity index (χ2n) is 8.15. The monoisotopic (exact) mass is 433 g/mol. The summed E-state index contributed by atoms with van der Waals surface area (Å²) >= 11 is 0. The average molecular weight is 434 g/mol. The molecular formula is C25H27N3O4. The molecule has 0 unspecified atom stereocenters. The van der Waals surface area contributed by atoms with Gasteiger partial charge in [0, 0.05) is 18.1 Å². The van der Waals surface area contributed by atoms with Crippen LogP contribution in [0.15, 0.2) is 47.5 Å². The molecule has 7 heteroatoms. The molecule has 1 saturated heterocycles. The molecule has 0 aliphatic carbocycles. The smallest absolute Gasteiger partial charge is 0.308 e. The van der Waals surface area contributed by atoms with E-state index in [4.69, 9.17) is 9.15 Å². The average Bonchev–Trinajstić information content (AvgIpc) is 3.33. The zero-order chi connectivity index (χ0) is 22.3. The lowest BCUT2D eigenvalue weighted by molar-refractivity contribution is -0.146. The summed E-state index contributed by atoms with van der Waals surface area (Å²) in [7, 11) is 1.66. The Bertz CT molecular complexity index is 1120. The van der Waals surface area contributed by atoms with Crippen LogP contribution in [-0.2, 0) is 11.2 Å². The molecule has 1 aliphatic rings. The number of rotatable bonds is 7. The minimum Gasteiger partial charge on any atom is -0.497 e. The zero-order valence-electron chi connectivity index (χ0n) is 18.2. The van der Waals surface area contributed by atoms with E-state index in [1.165, 1.54) is 18.2 Å². The van der Waals surface area contributed by atoms with E-state index >= 15 is 0 Å². The normalized spacial score (nSPS) is 18.8. The number of piperidine rings is 1. The number of oxazole rings is 1. The van der Waals surface area contributed by atoms with Gasteiger partial charge in [0.05, 0.1) is 25.1 Å². The first kappa shape index (κ1) is 21.8. The molecule has 1 N–H and O–H groups in total. The fraction of sp³-hybridized carbons (Fsp3) is 0.400. The predicted molar refractivity (Wildman–Crippen MR) is 120 cm³/mol. The molecule has 1 aromatic carbocycles. The van der Waals surface area contributed by atoms with Crippen LogP contribution in [0.1, 0.15) is 30.5 Å². The topological polar surface area (TPSA) is 88.7 Å². The van der Waals surface area contributed by atoms with Crippen molar-refractivity contribution in [3.05, 3.63) is 54.4 Å². The van der Waals surface area contributed by atoms with E-state index in [1.54, 1.807) is 7.11 Å². The molecule has 2 atom stereocenters. The van der Waals surface area contributed by atoms with Crippen LogP contribution in [0.4, 0.5) is 0 Å². The van der Waals surface area contributed by atoms with Crippen LogP contribution < -0.4 is 4.74 Å². The lowest BCUT2D eigenvalue weighted by Crippen LogP contribution is -2.44. The van der Waals surface area contributed by atoms with Crippen molar-refractivity contribution >= 4 is 16.9 Å². The van der Waals surface area contributed by atoms with Gasteiger partial charge in [0.2, 0.25) is 0 Å². The molecule has 0 saturated carbocycles. The fourth-order valence-electron chi connectivity index (χ4n) is 4.44. The van der Waals surface area contributed by atoms with Crippen LogP contribution in [0.2, 0.25) is 0 Å². The molecule has 0 spiro atoms. The molecule has 4 rings (SSSR count). The summed E-state index contributed by atoms with van der Waals surface area (Å²) in [5.41, 5.74) is 2.77. The lowest BCUT2D eigenvalue weighted by Gasteiger charge is -2.35. The van der Waals surface area contributed by atoms with Gasteiger partial charge in [-0.05, 0) is 73.9 Å². The van der Waals surface area contributed by atoms with Crippen molar-refractivity contribution in [3.8, 4) is 17.6 Å². The summed E-state index contributed by atoms with van der Waals surface area (Å²) in [6, 6.07) is 7.96. The second-order valence-corrected chi connectivity index (χ2v) is 8.15. The summed E-state index contributed by atoms with van der Waals surface area (Å²) in [6.45, 7) is 1.93. The summed E-state index contributed by atoms with van der Waals surface area (Å²) in [5, 5.41) is 10.9. The zero-order valence-corrected chi connectivity index (χ0v) is 18.2. The van der Waals surface area contributed by atoms with Crippen LogP contribution in [0.5, 0.6) is 5.75 Å². The number of carboxylic acid groups (broad SMARTS) is 1. The molecule has 0 radical (unpaired) electrons. The molecule has 3 aromatic rings. The van der Waals surface area contributed by atoms with E-state index in [1.807, 2.05) is 30.5 Å². The number of hydrogen-bond acceptors (Lipinski definition) is 6. The molecule has 32 heavy (non-hydrogen) atoms. The first-order valence-corrected chi connectivity index (χ1v) is 10.9. The standard InChI is InChI=1S/C25H27N3O4/c1-31-21-7-8-24-22(14-21)18(9-11-26-24)4-2-5-19-10-13-28(15-23(19)25(29)30)12-3-6-20-16-32-17-27-20/h7-9,11,14,16-17,19,23H,2,4-5,10,12-13,15H2,1H3,(H,29,30)/t19-,23+/m1/s1. The van der Waals surface area contributed by atoms with Gasteiger partial charge in [-0.3, -0.25) is 14.7 Å². The molecule has 166 valence electrons. The molecule has 3 heterocycles. The number of nitrogens with zero attached hydrogens (tertiary/aromatic N) is 3. The quantitative estimate of drug-likeness (QED) is 0.569. The Balaban J connectivity index is 1.34. The maximum Gasteiger partial charge on any atom is 0.308 e. The van der Waals surface area contributed by atoms with E-state index in [-0.39, 0.29) is 11.8 Å². The van der Waals surface area contributed by atoms with Crippen LogP contribution in [0.3, 0.4) is 0 Å². The van der Waals surface area contributed by atoms with Crippen LogP contribution in [0.25, 0.3) is 10.9 Å². The molecule has 1 fully saturated rings. The van der Waals surface area contributed by atoms with Crippen molar-refractivity contribution in [1.29, 1.82) is 0 Å². The number of aryl methyl sites for hydroxylation is 1. The fourth-order valence-corrected chi connectivity index (χ4v) is 4.44. The second kappa shape index (κ2) is 10.3. The third-order valence-corrected chi connectivity index (χ3v) is 6.17. The highest BCUT2D eigenvalue weighted by molar-refractivity contribution is 5.83. The first-order chi connectivity index (χ1) is 15.6. The van der Waals surface area contributed by atoms with Crippen molar-refractivity contribution in [3.63, 3.8) is 0 Å². The first-order valence-electron chi connectivity index (χ1n) is 10.9. The third kappa shape index (κ3) is 5.27. The van der Waals surface area contributed by atoms with E-state index in [0.29, 0.717) is 18.8 Å². The van der Waals surface area contributed by atoms with Gasteiger partial charge in [-0.15, -0.1) is 0 Å². The largest absolute Gasteiger partial charge is 0.497 e. The van der Waals surface area contributed by atoms with E-state index < -0.39 is 5.97 Å². The van der Waals surface area contributed by atoms with Crippen molar-refractivity contribution < 1.29 is 19.1 Å². The maximum atomic E-state index is 11.9. The highest BCUT2D eigenvalue weighted by Crippen LogP contribution is 2.30. The molecule has 0 bridgehead atoms. The predicted octanol–water partition coefficient (Wildman–Crippen LogP) is 3.63. The molecular weight excluding hydrogens is 406 g/mol. The number of likely N-dealkylation sites (tertiary alicyclic amines) is 1. The Kier molecular flexibility index (Phi) is 7.03. The van der Waals surface area contributed by atoms with Crippen molar-refractivity contribution in [2.75, 3.05) is 26.7 Å². The number of hydrogen-bond donors (Lipinski definition) is 1. The van der Waals surface area contributed by atoms with Crippen molar-refractivity contribution in [1.82, 2.24) is 14.9 Å². The molecule has 2 aromatic heterocycles. The van der Waals surface area contributed by atoms with Gasteiger partial charge >= 0.3 is 5.97 Å². The van der Waals surface area contributed by atoms with Gasteiger partial charge < -0.3 is 14.3 Å². The summed E-state index contributed by atoms with van der Waals surface area (Å²) in [4.78, 5) is 22.5. The molecule has 1 aliphatic heterocycles. The van der Waals surface area contributed by atoms with Crippen molar-refractivity contribution in [2.45, 2.75) is 25.7 Å². The van der Waals surface area contributed by atoms with Gasteiger partial charge in [0.15, 0.2) is 12.1 Å². The number of ether oxygens (including phenoxy) is 1. The number of carboxylic acids is 1. The summed E-state index contributed by atoms with van der Waals surface area (Å²) in [5.74, 6) is 5.92. The highest BCUT2D eigenvalue weighted by Gasteiger charge is 2.33. The minimum atomic E-state index is -0.719. The lowest BCUT2D eigenvalue weighted by atomic mass is 9.81. The Hall–Kier alpha value is -3.37. The van der Waals surface area contributed by atoms with Crippen LogP contribution in [0, 0.1) is 23.7 Å². The number of benzene rings is 1. The number of carbonyl (C=O) groups is 1. The number of methoxy groups -OCH3 is 1. The Labute approximate surface area is 187 Å². The van der Waals surface area contributed by atoms with E-state index in [9.17, 15) is 9.90 Å². The molecule has 0 amide bonds. The minimum absolute atomic E-state index is 0.176. The SMILES string of the molecule is COc1ccc2nccc(CCC[C@@H]3CCN(CC#Cc4cocn4)C[C@@H]3C(=O)O)c2c1. The Morgan fingerprint density at radius 3 is 3.03 bits per heavy atom. The molecule has 7 nitrogen and oxygen atoms in total. The van der Waals surface area contributed by atoms with Crippen LogP contribution in [-0.4, -0.2) is 52.7 Å². The maximum absolute atomic E-state index is 11.9. The number of aliphatic carboxylic acids is 1. The third-order valence-electron chi connectivity index (χ3n) is 6.17. The van der Waals surface area contributed by atoms with E-state index in [2.05, 4.69) is 26.7 Å². The number of fused-ring (bicyclic) bond motifs is 1. The summed E-state index contributed by atoms with van der Waals surface area (Å²) in [6.07, 6.45) is 8.28. The van der Waals surface area contributed by atoms with Gasteiger partial charge in [0.1, 0.15) is 12.0 Å². The van der Waals surface area contributed by atoms with E-state index in [0.717, 1.165) is 48.9 Å². The Morgan fingerprint density at radius 2 is 2.25 bits per heavy atom. The highest BCUT2D eigenvalue weighted by atomic mass is 16.5. The number of pyridine rings is 1. The van der Waals surface area contributed by atoms with Crippen molar-refractivity contribution in [2.24, 2.45) is 11.8 Å². The van der Waals surface area contributed by atoms with Gasteiger partial charge in [-0.25, -0.2) is 4.98 Å². The Morgan fingerprint density at radius 1 is 1.34 bits per heavy atom. The summed E-state index contributed by atoms with van der Waals surface area (Å²) < 4.78 is 10.3. The van der Waals surface area contributed by atoms with Gasteiger partial charge in [-0.1, -0.05) is 5.92 Å². The van der Waals surface area contributed by atoms with Gasteiger partial charge in [-0.2, -0.15) is 0 Å². The van der Waals surface area contributed by atoms with Gasteiger partial charge in [0.25, 0.3) is 0 Å². The van der Waals surface area contributed by atoms with Crippen LogP contribution >= 0.6 is 0 Å². The number of aromatic nitrogens is 2.